The first-order valence-electron chi connectivity index (χ1n) is 6.11. The molecule has 1 aromatic carbocycles. The van der Waals surface area contributed by atoms with Crippen molar-refractivity contribution in [3.8, 4) is 0 Å². The van der Waals surface area contributed by atoms with Crippen molar-refractivity contribution in [2.45, 2.75) is 32.2 Å². The van der Waals surface area contributed by atoms with Gasteiger partial charge in [-0.1, -0.05) is 35.8 Å². The minimum atomic E-state index is 0.165. The largest absolute Gasteiger partial charge is 0.379 e. The summed E-state index contributed by atoms with van der Waals surface area (Å²) in [5, 5.41) is 3.54. The van der Waals surface area contributed by atoms with Crippen LogP contribution in [0.4, 0.5) is 0 Å². The summed E-state index contributed by atoms with van der Waals surface area (Å²) in [6.45, 7) is 9.18. The Balaban J connectivity index is 2.24. The molecule has 0 aromatic heterocycles. The van der Waals surface area contributed by atoms with Gasteiger partial charge >= 0.3 is 0 Å². The zero-order valence-electron chi connectivity index (χ0n) is 10.7. The predicted molar refractivity (Wildman–Crippen MR) is 74.5 cm³/mol. The third kappa shape index (κ3) is 2.72. The van der Waals surface area contributed by atoms with Crippen LogP contribution in [-0.4, -0.2) is 25.8 Å². The lowest BCUT2D eigenvalue weighted by Crippen LogP contribution is -2.54. The number of nitrogens with one attached hydrogen (secondary N) is 1. The van der Waals surface area contributed by atoms with Crippen LogP contribution >= 0.6 is 15.9 Å². The van der Waals surface area contributed by atoms with E-state index in [9.17, 15) is 0 Å². The van der Waals surface area contributed by atoms with E-state index >= 15 is 0 Å². The third-order valence-corrected chi connectivity index (χ3v) is 3.87. The highest BCUT2D eigenvalue weighted by molar-refractivity contribution is 9.10. The fourth-order valence-corrected chi connectivity index (χ4v) is 2.63. The van der Waals surface area contributed by atoms with Gasteiger partial charge in [-0.3, -0.25) is 0 Å². The van der Waals surface area contributed by atoms with Crippen LogP contribution in [0.5, 0.6) is 0 Å². The van der Waals surface area contributed by atoms with E-state index in [1.807, 2.05) is 0 Å². The first-order valence-corrected chi connectivity index (χ1v) is 6.90. The molecule has 2 rings (SSSR count). The molecule has 1 heterocycles. The van der Waals surface area contributed by atoms with Crippen molar-refractivity contribution < 1.29 is 4.74 Å². The van der Waals surface area contributed by atoms with Crippen molar-refractivity contribution in [1.29, 1.82) is 0 Å². The van der Waals surface area contributed by atoms with Gasteiger partial charge in [0.05, 0.1) is 18.6 Å². The Bertz CT molecular complexity index is 399. The maximum Gasteiger partial charge on any atom is 0.0598 e. The van der Waals surface area contributed by atoms with Crippen molar-refractivity contribution in [2.24, 2.45) is 0 Å². The molecule has 3 heteroatoms. The molecule has 1 saturated heterocycles. The second-order valence-electron chi connectivity index (χ2n) is 5.27. The van der Waals surface area contributed by atoms with Crippen LogP contribution in [0, 0.1) is 6.92 Å². The highest BCUT2D eigenvalue weighted by Crippen LogP contribution is 2.35. The van der Waals surface area contributed by atoms with Crippen LogP contribution in [0.3, 0.4) is 0 Å². The molecule has 17 heavy (non-hydrogen) atoms. The van der Waals surface area contributed by atoms with Gasteiger partial charge in [-0.05, 0) is 30.2 Å². The normalized spacial score (nSPS) is 18.2. The van der Waals surface area contributed by atoms with E-state index in [1.165, 1.54) is 11.1 Å². The zero-order valence-corrected chi connectivity index (χ0v) is 12.3. The minimum absolute atomic E-state index is 0.165. The summed E-state index contributed by atoms with van der Waals surface area (Å²) in [6.07, 6.45) is 0. The number of halogens is 1. The van der Waals surface area contributed by atoms with Crippen LogP contribution < -0.4 is 5.32 Å². The summed E-state index contributed by atoms with van der Waals surface area (Å²) in [5.74, 6) is 0. The minimum Gasteiger partial charge on any atom is -0.379 e. The lowest BCUT2D eigenvalue weighted by Gasteiger charge is -2.43. The van der Waals surface area contributed by atoms with E-state index in [-0.39, 0.29) is 5.41 Å². The zero-order chi connectivity index (χ0) is 12.5. The van der Waals surface area contributed by atoms with Gasteiger partial charge in [0.1, 0.15) is 0 Å². The lowest BCUT2D eigenvalue weighted by molar-refractivity contribution is -0.0600. The topological polar surface area (TPSA) is 21.3 Å². The Morgan fingerprint density at radius 3 is 2.65 bits per heavy atom. The van der Waals surface area contributed by atoms with E-state index < -0.39 is 0 Å². The van der Waals surface area contributed by atoms with Gasteiger partial charge in [0.25, 0.3) is 0 Å². The number of benzene rings is 1. The summed E-state index contributed by atoms with van der Waals surface area (Å²) < 4.78 is 6.61. The average Bonchev–Trinajstić information content (AvgIpc) is 2.21. The molecule has 0 spiro atoms. The Morgan fingerprint density at radius 1 is 1.41 bits per heavy atom. The van der Waals surface area contributed by atoms with E-state index in [4.69, 9.17) is 4.74 Å². The Morgan fingerprint density at radius 2 is 2.12 bits per heavy atom. The number of hydrogen-bond acceptors (Lipinski definition) is 2. The van der Waals surface area contributed by atoms with E-state index in [2.05, 4.69) is 60.2 Å². The monoisotopic (exact) mass is 297 g/mol. The number of ether oxygens (including phenoxy) is 1. The van der Waals surface area contributed by atoms with Crippen molar-refractivity contribution in [3.63, 3.8) is 0 Å². The first kappa shape index (κ1) is 13.1. The third-order valence-electron chi connectivity index (χ3n) is 3.38. The fraction of sp³-hybridized carbons (Fsp3) is 0.571. The smallest absolute Gasteiger partial charge is 0.0598 e. The van der Waals surface area contributed by atoms with E-state index in [0.29, 0.717) is 6.04 Å². The molecule has 2 nitrogen and oxygen atoms in total. The van der Waals surface area contributed by atoms with Crippen molar-refractivity contribution in [3.05, 3.63) is 33.8 Å². The maximum absolute atomic E-state index is 5.46. The molecular formula is C14H20BrNO. The first-order chi connectivity index (χ1) is 8.03. The highest BCUT2D eigenvalue weighted by Gasteiger charge is 2.41. The molecule has 0 unspecified atom stereocenters. The molecule has 1 aliphatic heterocycles. The van der Waals surface area contributed by atoms with Gasteiger partial charge < -0.3 is 10.1 Å². The van der Waals surface area contributed by atoms with Gasteiger partial charge in [-0.15, -0.1) is 0 Å². The van der Waals surface area contributed by atoms with Gasteiger partial charge in [-0.2, -0.15) is 0 Å². The fourth-order valence-electron chi connectivity index (χ4n) is 2.27. The SMILES string of the molecule is Cc1ccc(Br)cc1C1(CNC(C)C)COC1. The average molecular weight is 298 g/mol. The quantitative estimate of drug-likeness (QED) is 0.922. The van der Waals surface area contributed by atoms with Crippen molar-refractivity contribution >= 4 is 15.9 Å². The molecule has 0 aliphatic carbocycles. The Hall–Kier alpha value is -0.380. The summed E-state index contributed by atoms with van der Waals surface area (Å²) >= 11 is 3.56. The summed E-state index contributed by atoms with van der Waals surface area (Å²) in [4.78, 5) is 0. The van der Waals surface area contributed by atoms with Gasteiger partial charge in [0.2, 0.25) is 0 Å². The molecule has 1 fully saturated rings. The van der Waals surface area contributed by atoms with Gasteiger partial charge in [0.15, 0.2) is 0 Å². The molecule has 1 aromatic rings. The van der Waals surface area contributed by atoms with Gasteiger partial charge in [-0.25, -0.2) is 0 Å². The van der Waals surface area contributed by atoms with Crippen LogP contribution in [0.25, 0.3) is 0 Å². The van der Waals surface area contributed by atoms with Gasteiger partial charge in [0, 0.05) is 17.1 Å². The van der Waals surface area contributed by atoms with Crippen LogP contribution in [-0.2, 0) is 10.2 Å². The molecule has 1 aliphatic rings. The molecule has 0 atom stereocenters. The number of aryl methyl sites for hydroxylation is 1. The Kier molecular flexibility index (Phi) is 3.91. The molecule has 0 bridgehead atoms. The van der Waals surface area contributed by atoms with E-state index in [1.54, 1.807) is 0 Å². The predicted octanol–water partition coefficient (Wildman–Crippen LogP) is 3.02. The number of hydrogen-bond donors (Lipinski definition) is 1. The molecule has 1 N–H and O–H groups in total. The van der Waals surface area contributed by atoms with Crippen molar-refractivity contribution in [2.75, 3.05) is 19.8 Å². The van der Waals surface area contributed by atoms with Crippen molar-refractivity contribution in [1.82, 2.24) is 5.32 Å². The maximum atomic E-state index is 5.46. The second kappa shape index (κ2) is 5.09. The standard InChI is InChI=1S/C14H20BrNO/c1-10(2)16-7-14(8-17-9-14)13-6-12(15)5-4-11(13)3/h4-6,10,16H,7-9H2,1-3H3. The molecule has 0 amide bonds. The van der Waals surface area contributed by atoms with Crippen LogP contribution in [0.15, 0.2) is 22.7 Å². The van der Waals surface area contributed by atoms with Crippen LogP contribution in [0.2, 0.25) is 0 Å². The van der Waals surface area contributed by atoms with E-state index in [0.717, 1.165) is 24.2 Å². The highest BCUT2D eigenvalue weighted by atomic mass is 79.9. The molecule has 94 valence electrons. The second-order valence-corrected chi connectivity index (χ2v) is 6.18. The number of rotatable bonds is 4. The Labute approximate surface area is 112 Å². The summed E-state index contributed by atoms with van der Waals surface area (Å²) in [7, 11) is 0. The summed E-state index contributed by atoms with van der Waals surface area (Å²) in [6, 6.07) is 7.02. The molecule has 0 radical (unpaired) electrons. The van der Waals surface area contributed by atoms with Crippen LogP contribution in [0.1, 0.15) is 25.0 Å². The molecule has 0 saturated carbocycles. The lowest BCUT2D eigenvalue weighted by atomic mass is 9.76. The molecular weight excluding hydrogens is 278 g/mol. The summed E-state index contributed by atoms with van der Waals surface area (Å²) in [5.41, 5.74) is 2.92.